The Morgan fingerprint density at radius 3 is 2.26 bits per heavy atom. The van der Waals surface area contributed by atoms with Crippen molar-refractivity contribution in [2.75, 3.05) is 7.05 Å². The Bertz CT molecular complexity index is 575. The van der Waals surface area contributed by atoms with Gasteiger partial charge in [-0.05, 0) is 72.8 Å². The summed E-state index contributed by atoms with van der Waals surface area (Å²) in [4.78, 5) is 0. The van der Waals surface area contributed by atoms with Gasteiger partial charge in [0.1, 0.15) is 0 Å². The standard InChI is InChI=1S/C16H17BrIN/c1-10-6-11(2)8-12(7-10)16(19-3)14-9-13(18)4-5-15(14)17/h4-9,16,19H,1-3H3. The van der Waals surface area contributed by atoms with Gasteiger partial charge in [0, 0.05) is 8.04 Å². The summed E-state index contributed by atoms with van der Waals surface area (Å²) in [6.07, 6.45) is 0. The Morgan fingerprint density at radius 1 is 1.05 bits per heavy atom. The molecule has 3 heteroatoms. The summed E-state index contributed by atoms with van der Waals surface area (Å²) in [5.41, 5.74) is 5.19. The summed E-state index contributed by atoms with van der Waals surface area (Å²) in [6, 6.07) is 13.4. The van der Waals surface area contributed by atoms with Crippen LogP contribution in [0.25, 0.3) is 0 Å². The van der Waals surface area contributed by atoms with E-state index < -0.39 is 0 Å². The Morgan fingerprint density at radius 2 is 1.68 bits per heavy atom. The van der Waals surface area contributed by atoms with Gasteiger partial charge >= 0.3 is 0 Å². The highest BCUT2D eigenvalue weighted by Crippen LogP contribution is 2.30. The van der Waals surface area contributed by atoms with Gasteiger partial charge in [-0.1, -0.05) is 45.3 Å². The average molecular weight is 430 g/mol. The van der Waals surface area contributed by atoms with Crippen molar-refractivity contribution in [3.05, 3.63) is 66.7 Å². The van der Waals surface area contributed by atoms with Crippen LogP contribution in [0.2, 0.25) is 0 Å². The Labute approximate surface area is 137 Å². The molecule has 0 amide bonds. The highest BCUT2D eigenvalue weighted by Gasteiger charge is 2.15. The minimum atomic E-state index is 0.211. The highest BCUT2D eigenvalue weighted by atomic mass is 127. The molecule has 1 atom stereocenters. The lowest BCUT2D eigenvalue weighted by molar-refractivity contribution is 0.687. The molecule has 0 heterocycles. The molecule has 0 aliphatic carbocycles. The van der Waals surface area contributed by atoms with E-state index in [4.69, 9.17) is 0 Å². The first kappa shape index (κ1) is 15.0. The molecule has 100 valence electrons. The van der Waals surface area contributed by atoms with Gasteiger partial charge in [-0.3, -0.25) is 0 Å². The topological polar surface area (TPSA) is 12.0 Å². The summed E-state index contributed by atoms with van der Waals surface area (Å²) >= 11 is 6.02. The first-order chi connectivity index (χ1) is 9.01. The van der Waals surface area contributed by atoms with Crippen LogP contribution in [0.4, 0.5) is 0 Å². The monoisotopic (exact) mass is 429 g/mol. The number of benzene rings is 2. The molecule has 2 aromatic carbocycles. The Balaban J connectivity index is 2.52. The first-order valence-electron chi connectivity index (χ1n) is 6.21. The fraction of sp³-hybridized carbons (Fsp3) is 0.250. The molecule has 0 radical (unpaired) electrons. The number of aryl methyl sites for hydroxylation is 2. The van der Waals surface area contributed by atoms with E-state index in [1.54, 1.807) is 0 Å². The molecule has 0 spiro atoms. The van der Waals surface area contributed by atoms with Crippen molar-refractivity contribution in [3.8, 4) is 0 Å². The predicted octanol–water partition coefficient (Wildman–Crippen LogP) is 4.98. The molecule has 0 fully saturated rings. The van der Waals surface area contributed by atoms with E-state index in [1.807, 2.05) is 7.05 Å². The maximum atomic E-state index is 3.66. The molecule has 2 aromatic rings. The molecule has 1 N–H and O–H groups in total. The predicted molar refractivity (Wildman–Crippen MR) is 93.7 cm³/mol. The summed E-state index contributed by atoms with van der Waals surface area (Å²) in [5, 5.41) is 3.42. The van der Waals surface area contributed by atoms with Crippen LogP contribution in [0, 0.1) is 17.4 Å². The van der Waals surface area contributed by atoms with Crippen molar-refractivity contribution in [1.82, 2.24) is 5.32 Å². The number of rotatable bonds is 3. The van der Waals surface area contributed by atoms with Crippen LogP contribution in [-0.4, -0.2) is 7.05 Å². The summed E-state index contributed by atoms with van der Waals surface area (Å²) in [6.45, 7) is 4.29. The molecule has 0 aliphatic heterocycles. The molecule has 19 heavy (non-hydrogen) atoms. The minimum absolute atomic E-state index is 0.211. The zero-order valence-corrected chi connectivity index (χ0v) is 15.0. The largest absolute Gasteiger partial charge is 0.309 e. The van der Waals surface area contributed by atoms with Gasteiger partial charge in [0.25, 0.3) is 0 Å². The molecule has 2 rings (SSSR count). The number of halogens is 2. The molecule has 1 nitrogen and oxygen atoms in total. The van der Waals surface area contributed by atoms with Crippen molar-refractivity contribution in [1.29, 1.82) is 0 Å². The second-order valence-electron chi connectivity index (χ2n) is 4.81. The number of nitrogens with one attached hydrogen (secondary N) is 1. The van der Waals surface area contributed by atoms with Crippen molar-refractivity contribution >= 4 is 38.5 Å². The molecule has 0 aliphatic rings. The molecule has 0 saturated heterocycles. The normalized spacial score (nSPS) is 12.5. The van der Waals surface area contributed by atoms with Crippen molar-refractivity contribution in [2.24, 2.45) is 0 Å². The minimum Gasteiger partial charge on any atom is -0.309 e. The molecular weight excluding hydrogens is 413 g/mol. The third-order valence-corrected chi connectivity index (χ3v) is 4.53. The fourth-order valence-electron chi connectivity index (χ4n) is 2.41. The zero-order chi connectivity index (χ0) is 14.0. The SMILES string of the molecule is CNC(c1cc(C)cc(C)c1)c1cc(I)ccc1Br. The van der Waals surface area contributed by atoms with Crippen molar-refractivity contribution in [2.45, 2.75) is 19.9 Å². The van der Waals surface area contributed by atoms with E-state index in [9.17, 15) is 0 Å². The molecule has 0 aromatic heterocycles. The van der Waals surface area contributed by atoms with E-state index in [-0.39, 0.29) is 6.04 Å². The van der Waals surface area contributed by atoms with Crippen LogP contribution in [0.1, 0.15) is 28.3 Å². The van der Waals surface area contributed by atoms with Gasteiger partial charge in [-0.2, -0.15) is 0 Å². The van der Waals surface area contributed by atoms with E-state index >= 15 is 0 Å². The average Bonchev–Trinajstić information content (AvgIpc) is 2.33. The smallest absolute Gasteiger partial charge is 0.0586 e. The quantitative estimate of drug-likeness (QED) is 0.678. The van der Waals surface area contributed by atoms with Crippen molar-refractivity contribution in [3.63, 3.8) is 0 Å². The molecule has 0 bridgehead atoms. The maximum Gasteiger partial charge on any atom is 0.0586 e. The third-order valence-electron chi connectivity index (χ3n) is 3.14. The van der Waals surface area contributed by atoms with Gasteiger partial charge in [0.05, 0.1) is 6.04 Å². The van der Waals surface area contributed by atoms with E-state index in [2.05, 4.69) is 94.1 Å². The van der Waals surface area contributed by atoms with Crippen LogP contribution in [0.5, 0.6) is 0 Å². The highest BCUT2D eigenvalue weighted by molar-refractivity contribution is 14.1. The van der Waals surface area contributed by atoms with Gasteiger partial charge in [-0.15, -0.1) is 0 Å². The zero-order valence-electron chi connectivity index (χ0n) is 11.3. The summed E-state index contributed by atoms with van der Waals surface area (Å²) in [5.74, 6) is 0. The van der Waals surface area contributed by atoms with Crippen LogP contribution >= 0.6 is 38.5 Å². The molecule has 1 unspecified atom stereocenters. The van der Waals surface area contributed by atoms with Gasteiger partial charge in [0.2, 0.25) is 0 Å². The van der Waals surface area contributed by atoms with Gasteiger partial charge in [0.15, 0.2) is 0 Å². The lowest BCUT2D eigenvalue weighted by atomic mass is 9.96. The van der Waals surface area contributed by atoms with Crippen molar-refractivity contribution < 1.29 is 0 Å². The Hall–Kier alpha value is -0.390. The van der Waals surface area contributed by atoms with Crippen LogP contribution in [-0.2, 0) is 0 Å². The van der Waals surface area contributed by atoms with E-state index in [0.717, 1.165) is 4.47 Å². The lowest BCUT2D eigenvalue weighted by Gasteiger charge is -2.20. The van der Waals surface area contributed by atoms with Gasteiger partial charge < -0.3 is 5.32 Å². The van der Waals surface area contributed by atoms with Crippen LogP contribution < -0.4 is 5.32 Å². The number of hydrogen-bond acceptors (Lipinski definition) is 1. The first-order valence-corrected chi connectivity index (χ1v) is 8.09. The Kier molecular flexibility index (Phi) is 5.03. The lowest BCUT2D eigenvalue weighted by Crippen LogP contribution is -2.18. The maximum absolute atomic E-state index is 3.66. The van der Waals surface area contributed by atoms with E-state index in [0.29, 0.717) is 0 Å². The summed E-state index contributed by atoms with van der Waals surface area (Å²) < 4.78 is 2.40. The van der Waals surface area contributed by atoms with Crippen LogP contribution in [0.3, 0.4) is 0 Å². The van der Waals surface area contributed by atoms with E-state index in [1.165, 1.54) is 25.8 Å². The second kappa shape index (κ2) is 6.37. The van der Waals surface area contributed by atoms with Crippen LogP contribution in [0.15, 0.2) is 40.9 Å². The third kappa shape index (κ3) is 3.58. The second-order valence-corrected chi connectivity index (χ2v) is 6.91. The summed E-state index contributed by atoms with van der Waals surface area (Å²) in [7, 11) is 2.01. The molecule has 0 saturated carbocycles. The fourth-order valence-corrected chi connectivity index (χ4v) is 3.40. The number of hydrogen-bond donors (Lipinski definition) is 1. The van der Waals surface area contributed by atoms with Gasteiger partial charge in [-0.25, -0.2) is 0 Å². The molecular formula is C16H17BrIN.